The van der Waals surface area contributed by atoms with E-state index in [1.165, 1.54) is 0 Å². The van der Waals surface area contributed by atoms with Gasteiger partial charge in [0.15, 0.2) is 0 Å². The summed E-state index contributed by atoms with van der Waals surface area (Å²) in [6, 6.07) is -0.307. The van der Waals surface area contributed by atoms with E-state index in [-0.39, 0.29) is 12.1 Å². The second-order valence-corrected chi connectivity index (χ2v) is 3.33. The Bertz CT molecular complexity index is 453. The number of rotatable bonds is 1. The molecule has 0 saturated heterocycles. The van der Waals surface area contributed by atoms with Crippen LogP contribution in [0.25, 0.3) is 0 Å². The van der Waals surface area contributed by atoms with E-state index in [1.54, 1.807) is 0 Å². The summed E-state index contributed by atoms with van der Waals surface area (Å²) in [6.07, 6.45) is -10.4. The second-order valence-electron chi connectivity index (χ2n) is 3.33. The van der Waals surface area contributed by atoms with Crippen molar-refractivity contribution in [2.45, 2.75) is 12.4 Å². The highest BCUT2D eigenvalue weighted by Gasteiger charge is 2.41. The number of aromatic hydroxyl groups is 1. The first kappa shape index (κ1) is 14.6. The first-order valence-electron chi connectivity index (χ1n) is 4.32. The van der Waals surface area contributed by atoms with Gasteiger partial charge in [-0.15, -0.1) is 0 Å². The molecule has 1 rings (SSSR count). The van der Waals surface area contributed by atoms with Crippen molar-refractivity contribution in [1.82, 2.24) is 0 Å². The minimum absolute atomic E-state index is 0.00991. The van der Waals surface area contributed by atoms with E-state index < -0.39 is 41.8 Å². The van der Waals surface area contributed by atoms with Crippen LogP contribution in [-0.2, 0) is 12.4 Å². The standard InChI is InChI=1S/C8H5BF6O3/c10-7(11,12)3-1-4(8(13,14)15)6(9(17)18)5(16)2-3/h1-2,16-18H. The van der Waals surface area contributed by atoms with E-state index in [1.807, 2.05) is 0 Å². The van der Waals surface area contributed by atoms with Crippen molar-refractivity contribution in [3.05, 3.63) is 23.3 Å². The van der Waals surface area contributed by atoms with Crippen LogP contribution in [0.15, 0.2) is 12.1 Å². The molecule has 1 aromatic carbocycles. The van der Waals surface area contributed by atoms with Gasteiger partial charge in [-0.05, 0) is 12.1 Å². The average Bonchev–Trinajstić information content (AvgIpc) is 2.12. The van der Waals surface area contributed by atoms with Gasteiger partial charge < -0.3 is 15.2 Å². The zero-order valence-electron chi connectivity index (χ0n) is 8.34. The molecule has 0 unspecified atom stereocenters. The summed E-state index contributed by atoms with van der Waals surface area (Å²) >= 11 is 0. The summed E-state index contributed by atoms with van der Waals surface area (Å²) in [5.74, 6) is -1.49. The molecule has 0 bridgehead atoms. The average molecular weight is 274 g/mol. The van der Waals surface area contributed by atoms with E-state index in [2.05, 4.69) is 0 Å². The molecular weight excluding hydrogens is 269 g/mol. The molecule has 10 heteroatoms. The third-order valence-electron chi connectivity index (χ3n) is 2.05. The van der Waals surface area contributed by atoms with Crippen molar-refractivity contribution in [3.63, 3.8) is 0 Å². The van der Waals surface area contributed by atoms with Gasteiger partial charge in [0.05, 0.1) is 11.1 Å². The fraction of sp³-hybridized carbons (Fsp3) is 0.250. The van der Waals surface area contributed by atoms with Crippen molar-refractivity contribution < 1.29 is 41.5 Å². The molecule has 3 nitrogen and oxygen atoms in total. The Morgan fingerprint density at radius 1 is 0.889 bits per heavy atom. The molecule has 0 saturated carbocycles. The molecule has 0 amide bonds. The quantitative estimate of drug-likeness (QED) is 0.531. The molecule has 18 heavy (non-hydrogen) atoms. The lowest BCUT2D eigenvalue weighted by Gasteiger charge is -2.17. The van der Waals surface area contributed by atoms with Crippen molar-refractivity contribution in [2.75, 3.05) is 0 Å². The Labute approximate surface area is 96.4 Å². The van der Waals surface area contributed by atoms with Crippen molar-refractivity contribution in [1.29, 1.82) is 0 Å². The van der Waals surface area contributed by atoms with Crippen LogP contribution in [0.4, 0.5) is 26.3 Å². The lowest BCUT2D eigenvalue weighted by Crippen LogP contribution is -2.37. The van der Waals surface area contributed by atoms with Gasteiger partial charge in [0, 0.05) is 5.46 Å². The molecule has 0 aliphatic carbocycles. The number of halogens is 6. The van der Waals surface area contributed by atoms with Crippen LogP contribution >= 0.6 is 0 Å². The molecule has 100 valence electrons. The van der Waals surface area contributed by atoms with Gasteiger partial charge >= 0.3 is 19.5 Å². The first-order chi connectivity index (χ1) is 7.94. The Morgan fingerprint density at radius 3 is 1.72 bits per heavy atom. The Balaban J connectivity index is 3.58. The highest BCUT2D eigenvalue weighted by Crippen LogP contribution is 2.36. The Morgan fingerprint density at radius 2 is 1.39 bits per heavy atom. The fourth-order valence-electron chi connectivity index (χ4n) is 1.31. The van der Waals surface area contributed by atoms with Crippen LogP contribution in [0, 0.1) is 0 Å². The SMILES string of the molecule is OB(O)c1c(O)cc(C(F)(F)F)cc1C(F)(F)F. The monoisotopic (exact) mass is 274 g/mol. The minimum Gasteiger partial charge on any atom is -0.508 e. The zero-order chi connectivity index (χ0) is 14.3. The largest absolute Gasteiger partial charge is 0.508 e. The number of alkyl halides is 6. The van der Waals surface area contributed by atoms with E-state index >= 15 is 0 Å². The van der Waals surface area contributed by atoms with Gasteiger partial charge in [-0.3, -0.25) is 0 Å². The predicted octanol–water partition coefficient (Wildman–Crippen LogP) is 1.11. The van der Waals surface area contributed by atoms with E-state index in [0.29, 0.717) is 0 Å². The highest BCUT2D eigenvalue weighted by atomic mass is 19.4. The van der Waals surface area contributed by atoms with Crippen LogP contribution in [-0.4, -0.2) is 22.3 Å². The number of phenols is 1. The van der Waals surface area contributed by atoms with Crippen LogP contribution in [0.5, 0.6) is 5.75 Å². The zero-order valence-corrected chi connectivity index (χ0v) is 8.34. The predicted molar refractivity (Wildman–Crippen MR) is 47.9 cm³/mol. The molecule has 0 atom stereocenters. The van der Waals surface area contributed by atoms with Crippen molar-refractivity contribution in [2.24, 2.45) is 0 Å². The fourth-order valence-corrected chi connectivity index (χ4v) is 1.31. The van der Waals surface area contributed by atoms with Crippen LogP contribution in [0.2, 0.25) is 0 Å². The van der Waals surface area contributed by atoms with E-state index in [9.17, 15) is 26.3 Å². The molecule has 1 aromatic rings. The summed E-state index contributed by atoms with van der Waals surface area (Å²) in [5, 5.41) is 26.4. The molecule has 0 aromatic heterocycles. The number of benzene rings is 1. The lowest BCUT2D eigenvalue weighted by molar-refractivity contribution is -0.142. The van der Waals surface area contributed by atoms with Crippen molar-refractivity contribution >= 4 is 12.6 Å². The summed E-state index contributed by atoms with van der Waals surface area (Å²) in [6.45, 7) is 0. The third kappa shape index (κ3) is 2.88. The highest BCUT2D eigenvalue weighted by molar-refractivity contribution is 6.60. The maximum Gasteiger partial charge on any atom is 0.492 e. The maximum atomic E-state index is 12.5. The smallest absolute Gasteiger partial charge is 0.492 e. The third-order valence-corrected chi connectivity index (χ3v) is 2.05. The first-order valence-corrected chi connectivity index (χ1v) is 4.32. The van der Waals surface area contributed by atoms with E-state index in [0.717, 1.165) is 0 Å². The molecule has 0 radical (unpaired) electrons. The Kier molecular flexibility index (Phi) is 3.54. The van der Waals surface area contributed by atoms with Gasteiger partial charge in [-0.25, -0.2) is 0 Å². The van der Waals surface area contributed by atoms with Crippen LogP contribution < -0.4 is 5.46 Å². The molecule has 0 aliphatic rings. The van der Waals surface area contributed by atoms with Crippen LogP contribution in [0.3, 0.4) is 0 Å². The Hall–Kier alpha value is -1.42. The van der Waals surface area contributed by atoms with Gasteiger partial charge in [-0.1, -0.05) is 0 Å². The van der Waals surface area contributed by atoms with Gasteiger partial charge in [0.1, 0.15) is 5.75 Å². The number of hydrogen-bond donors (Lipinski definition) is 3. The number of phenolic OH excluding ortho intramolecular Hbond substituents is 1. The van der Waals surface area contributed by atoms with Crippen LogP contribution in [0.1, 0.15) is 11.1 Å². The second kappa shape index (κ2) is 4.36. The lowest BCUT2D eigenvalue weighted by atomic mass is 9.75. The van der Waals surface area contributed by atoms with E-state index in [4.69, 9.17) is 15.2 Å². The topological polar surface area (TPSA) is 60.7 Å². The maximum absolute atomic E-state index is 12.5. The number of hydrogen-bond acceptors (Lipinski definition) is 3. The van der Waals surface area contributed by atoms with Gasteiger partial charge in [0.2, 0.25) is 0 Å². The molecular formula is C8H5BF6O3. The summed E-state index contributed by atoms with van der Waals surface area (Å²) in [7, 11) is -2.75. The minimum atomic E-state index is -5.27. The molecule has 0 heterocycles. The normalized spacial score (nSPS) is 12.7. The summed E-state index contributed by atoms with van der Waals surface area (Å²) in [5.41, 5.74) is -5.11. The van der Waals surface area contributed by atoms with Gasteiger partial charge in [0.25, 0.3) is 0 Å². The molecule has 0 aliphatic heterocycles. The van der Waals surface area contributed by atoms with Crippen molar-refractivity contribution in [3.8, 4) is 5.75 Å². The molecule has 0 spiro atoms. The summed E-state index contributed by atoms with van der Waals surface area (Å²) in [4.78, 5) is 0. The van der Waals surface area contributed by atoms with Gasteiger partial charge in [-0.2, -0.15) is 26.3 Å². The molecule has 0 fully saturated rings. The molecule has 3 N–H and O–H groups in total. The summed E-state index contributed by atoms with van der Waals surface area (Å²) < 4.78 is 74.2.